The van der Waals surface area contributed by atoms with E-state index in [9.17, 15) is 8.42 Å². The second-order valence-corrected chi connectivity index (χ2v) is 7.67. The standard InChI is InChI=1S/C16H19NO2S/c1-2-10-17(12-13-6-7-13)20(18,19)16-9-8-14-4-3-5-15(14)11-16/h1,8-9,11,13H,3-7,10,12H2. The maximum atomic E-state index is 12.7. The van der Waals surface area contributed by atoms with Crippen LogP contribution >= 0.6 is 0 Å². The molecule has 20 heavy (non-hydrogen) atoms. The summed E-state index contributed by atoms with van der Waals surface area (Å²) in [5.41, 5.74) is 2.47. The van der Waals surface area contributed by atoms with Crippen molar-refractivity contribution in [1.82, 2.24) is 4.31 Å². The molecule has 0 aromatic heterocycles. The number of fused-ring (bicyclic) bond motifs is 1. The van der Waals surface area contributed by atoms with Gasteiger partial charge in [-0.15, -0.1) is 6.42 Å². The molecule has 0 atom stereocenters. The minimum atomic E-state index is -3.45. The Labute approximate surface area is 121 Å². The molecule has 0 heterocycles. The lowest BCUT2D eigenvalue weighted by Crippen LogP contribution is -2.33. The van der Waals surface area contributed by atoms with E-state index in [-0.39, 0.29) is 6.54 Å². The molecule has 3 nitrogen and oxygen atoms in total. The summed E-state index contributed by atoms with van der Waals surface area (Å²) in [5.74, 6) is 2.97. The number of terminal acetylenes is 1. The van der Waals surface area contributed by atoms with E-state index >= 15 is 0 Å². The van der Waals surface area contributed by atoms with Crippen molar-refractivity contribution in [3.63, 3.8) is 0 Å². The fourth-order valence-corrected chi connectivity index (χ4v) is 4.28. The Morgan fingerprint density at radius 1 is 1.25 bits per heavy atom. The fourth-order valence-electron chi connectivity index (χ4n) is 2.80. The number of sulfonamides is 1. The van der Waals surface area contributed by atoms with Gasteiger partial charge in [0, 0.05) is 6.54 Å². The number of nitrogens with zero attached hydrogens (tertiary/aromatic N) is 1. The van der Waals surface area contributed by atoms with Gasteiger partial charge in [0.05, 0.1) is 11.4 Å². The minimum Gasteiger partial charge on any atom is -0.207 e. The van der Waals surface area contributed by atoms with Gasteiger partial charge < -0.3 is 0 Å². The van der Waals surface area contributed by atoms with Crippen LogP contribution in [0.4, 0.5) is 0 Å². The maximum Gasteiger partial charge on any atom is 0.243 e. The van der Waals surface area contributed by atoms with Gasteiger partial charge >= 0.3 is 0 Å². The van der Waals surface area contributed by atoms with Gasteiger partial charge in [0.15, 0.2) is 0 Å². The molecule has 3 rings (SSSR count). The van der Waals surface area contributed by atoms with Gasteiger partial charge in [-0.1, -0.05) is 12.0 Å². The molecule has 1 aromatic rings. The second kappa shape index (κ2) is 5.23. The molecule has 1 saturated carbocycles. The molecule has 0 unspecified atom stereocenters. The third-order valence-electron chi connectivity index (χ3n) is 4.13. The van der Waals surface area contributed by atoms with E-state index in [1.54, 1.807) is 6.07 Å². The van der Waals surface area contributed by atoms with Gasteiger partial charge in [0.1, 0.15) is 0 Å². The maximum absolute atomic E-state index is 12.7. The largest absolute Gasteiger partial charge is 0.243 e. The molecule has 106 valence electrons. The summed E-state index contributed by atoms with van der Waals surface area (Å²) >= 11 is 0. The molecule has 1 fully saturated rings. The van der Waals surface area contributed by atoms with Gasteiger partial charge in [-0.25, -0.2) is 8.42 Å². The summed E-state index contributed by atoms with van der Waals surface area (Å²) < 4.78 is 26.9. The van der Waals surface area contributed by atoms with Crippen LogP contribution in [0.2, 0.25) is 0 Å². The van der Waals surface area contributed by atoms with Gasteiger partial charge in [-0.05, 0) is 61.3 Å². The van der Waals surface area contributed by atoms with Crippen LogP contribution < -0.4 is 0 Å². The first-order valence-corrected chi connectivity index (χ1v) is 8.60. The van der Waals surface area contributed by atoms with Crippen molar-refractivity contribution in [3.05, 3.63) is 29.3 Å². The highest BCUT2D eigenvalue weighted by atomic mass is 32.2. The van der Waals surface area contributed by atoms with Crippen LogP contribution in [0.3, 0.4) is 0 Å². The number of hydrogen-bond donors (Lipinski definition) is 0. The van der Waals surface area contributed by atoms with Crippen molar-refractivity contribution in [1.29, 1.82) is 0 Å². The topological polar surface area (TPSA) is 37.4 Å². The predicted molar refractivity (Wildman–Crippen MR) is 78.8 cm³/mol. The molecular formula is C16H19NO2S. The molecule has 0 N–H and O–H groups in total. The van der Waals surface area contributed by atoms with Gasteiger partial charge in [-0.3, -0.25) is 0 Å². The Morgan fingerprint density at radius 3 is 2.70 bits per heavy atom. The Morgan fingerprint density at radius 2 is 2.00 bits per heavy atom. The molecule has 0 bridgehead atoms. The lowest BCUT2D eigenvalue weighted by Gasteiger charge is -2.20. The van der Waals surface area contributed by atoms with Crippen molar-refractivity contribution in [3.8, 4) is 12.3 Å². The summed E-state index contributed by atoms with van der Waals surface area (Å²) in [4.78, 5) is 0.397. The summed E-state index contributed by atoms with van der Waals surface area (Å²) in [6, 6.07) is 5.53. The SMILES string of the molecule is C#CCN(CC1CC1)S(=O)(=O)c1ccc2c(c1)CCC2. The molecule has 0 radical (unpaired) electrons. The summed E-state index contributed by atoms with van der Waals surface area (Å²) in [7, 11) is -3.45. The number of benzene rings is 1. The van der Waals surface area contributed by atoms with Crippen molar-refractivity contribution >= 4 is 10.0 Å². The van der Waals surface area contributed by atoms with Crippen LogP contribution in [0, 0.1) is 18.3 Å². The third-order valence-corrected chi connectivity index (χ3v) is 5.94. The Hall–Kier alpha value is -1.31. The van der Waals surface area contributed by atoms with Gasteiger partial charge in [0.2, 0.25) is 10.0 Å². The quantitative estimate of drug-likeness (QED) is 0.779. The summed E-state index contributed by atoms with van der Waals surface area (Å²) in [5, 5.41) is 0. The van der Waals surface area contributed by atoms with Crippen molar-refractivity contribution < 1.29 is 8.42 Å². The van der Waals surface area contributed by atoms with E-state index in [0.29, 0.717) is 17.4 Å². The number of aryl methyl sites for hydroxylation is 2. The summed E-state index contributed by atoms with van der Waals surface area (Å²) in [6.07, 6.45) is 10.7. The molecule has 2 aliphatic carbocycles. The first-order chi connectivity index (χ1) is 9.61. The zero-order valence-electron chi connectivity index (χ0n) is 11.5. The van der Waals surface area contributed by atoms with E-state index in [1.165, 1.54) is 15.4 Å². The van der Waals surface area contributed by atoms with E-state index < -0.39 is 10.0 Å². The first kappa shape index (κ1) is 13.7. The first-order valence-electron chi connectivity index (χ1n) is 7.16. The zero-order valence-corrected chi connectivity index (χ0v) is 12.3. The summed E-state index contributed by atoms with van der Waals surface area (Å²) in [6.45, 7) is 0.722. The second-order valence-electron chi connectivity index (χ2n) is 5.73. The van der Waals surface area contributed by atoms with E-state index in [4.69, 9.17) is 6.42 Å². The molecule has 4 heteroatoms. The highest BCUT2D eigenvalue weighted by Crippen LogP contribution is 2.32. The van der Waals surface area contributed by atoms with Crippen molar-refractivity contribution in [2.45, 2.75) is 37.0 Å². The van der Waals surface area contributed by atoms with Crippen LogP contribution in [0.25, 0.3) is 0 Å². The molecule has 0 amide bonds. The molecule has 0 spiro atoms. The van der Waals surface area contributed by atoms with Gasteiger partial charge in [0.25, 0.3) is 0 Å². The monoisotopic (exact) mass is 289 g/mol. The molecular weight excluding hydrogens is 270 g/mol. The Balaban J connectivity index is 1.90. The van der Waals surface area contributed by atoms with Crippen LogP contribution in [-0.2, 0) is 22.9 Å². The normalized spacial score (nSPS) is 18.0. The Bertz CT molecular complexity index is 654. The fraction of sp³-hybridized carbons (Fsp3) is 0.500. The molecule has 0 aliphatic heterocycles. The van der Waals surface area contributed by atoms with Crippen LogP contribution in [-0.4, -0.2) is 25.8 Å². The van der Waals surface area contributed by atoms with E-state index in [1.807, 2.05) is 12.1 Å². The lowest BCUT2D eigenvalue weighted by molar-refractivity contribution is 0.430. The van der Waals surface area contributed by atoms with Crippen LogP contribution in [0.1, 0.15) is 30.4 Å². The van der Waals surface area contributed by atoms with Crippen molar-refractivity contribution in [2.24, 2.45) is 5.92 Å². The number of hydrogen-bond acceptors (Lipinski definition) is 2. The minimum absolute atomic E-state index is 0.163. The highest BCUT2D eigenvalue weighted by Gasteiger charge is 2.31. The van der Waals surface area contributed by atoms with Crippen molar-refractivity contribution in [2.75, 3.05) is 13.1 Å². The van der Waals surface area contributed by atoms with Crippen LogP contribution in [0.15, 0.2) is 23.1 Å². The third kappa shape index (κ3) is 2.61. The molecule has 1 aromatic carbocycles. The zero-order chi connectivity index (χ0) is 14.2. The van der Waals surface area contributed by atoms with E-state index in [0.717, 1.165) is 32.1 Å². The average molecular weight is 289 g/mol. The predicted octanol–water partition coefficient (Wildman–Crippen LogP) is 2.21. The molecule has 0 saturated heterocycles. The highest BCUT2D eigenvalue weighted by molar-refractivity contribution is 7.89. The number of rotatable bonds is 5. The lowest BCUT2D eigenvalue weighted by atomic mass is 10.1. The average Bonchev–Trinajstić information content (AvgIpc) is 3.12. The van der Waals surface area contributed by atoms with Crippen LogP contribution in [0.5, 0.6) is 0 Å². The van der Waals surface area contributed by atoms with Gasteiger partial charge in [-0.2, -0.15) is 4.31 Å². The smallest absolute Gasteiger partial charge is 0.207 e. The Kier molecular flexibility index (Phi) is 3.57. The van der Waals surface area contributed by atoms with E-state index in [2.05, 4.69) is 5.92 Å². The molecule has 2 aliphatic rings.